The van der Waals surface area contributed by atoms with Gasteiger partial charge in [0.2, 0.25) is 0 Å². The molecule has 1 amide bonds. The molecule has 0 atom stereocenters. The molecule has 0 aromatic heterocycles. The lowest BCUT2D eigenvalue weighted by atomic mass is 10.2. The second-order valence-corrected chi connectivity index (χ2v) is 5.79. The molecule has 7 heteroatoms. The van der Waals surface area contributed by atoms with E-state index in [0.29, 0.717) is 6.54 Å². The van der Waals surface area contributed by atoms with Crippen LogP contribution in [0.1, 0.15) is 32.6 Å². The number of carbonyl (C=O) groups is 1. The average Bonchev–Trinajstić information content (AvgIpc) is 2.61. The molecule has 1 aromatic rings. The first-order chi connectivity index (χ1) is 11.8. The van der Waals surface area contributed by atoms with Crippen LogP contribution in [0.3, 0.4) is 0 Å². The monoisotopic (exact) mass is 460 g/mol. The predicted molar refractivity (Wildman–Crippen MR) is 113 cm³/mol. The first-order valence-electron chi connectivity index (χ1n) is 8.73. The lowest BCUT2D eigenvalue weighted by molar-refractivity contribution is -0.121. The molecule has 0 saturated carbocycles. The summed E-state index contributed by atoms with van der Waals surface area (Å²) in [6.45, 7) is 4.67. The highest BCUT2D eigenvalue weighted by molar-refractivity contribution is 14.0. The number of halogens is 1. The van der Waals surface area contributed by atoms with Crippen LogP contribution in [-0.4, -0.2) is 45.2 Å². The number of anilines is 1. The van der Waals surface area contributed by atoms with Gasteiger partial charge >= 0.3 is 0 Å². The van der Waals surface area contributed by atoms with Crippen molar-refractivity contribution in [1.82, 2.24) is 10.6 Å². The SMILES string of the molecule is CCCCCNC(=NC)NCCCN1C(=O)COc2ccccc21.I. The minimum atomic E-state index is 0. The van der Waals surface area contributed by atoms with Crippen LogP contribution in [0.4, 0.5) is 5.69 Å². The number of rotatable bonds is 8. The molecule has 0 radical (unpaired) electrons. The number of aliphatic imine (C=N–C) groups is 1. The molecule has 0 saturated heterocycles. The molecule has 0 aliphatic carbocycles. The molecule has 0 fully saturated rings. The van der Waals surface area contributed by atoms with Crippen LogP contribution in [0, 0.1) is 0 Å². The van der Waals surface area contributed by atoms with E-state index in [2.05, 4.69) is 22.5 Å². The Morgan fingerprint density at radius 3 is 2.64 bits per heavy atom. The van der Waals surface area contributed by atoms with E-state index in [1.807, 2.05) is 24.3 Å². The van der Waals surface area contributed by atoms with Crippen molar-refractivity contribution in [1.29, 1.82) is 0 Å². The van der Waals surface area contributed by atoms with Gasteiger partial charge in [-0.3, -0.25) is 9.79 Å². The lowest BCUT2D eigenvalue weighted by Crippen LogP contribution is -2.42. The zero-order valence-corrected chi connectivity index (χ0v) is 17.4. The molecule has 6 nitrogen and oxygen atoms in total. The fourth-order valence-corrected chi connectivity index (χ4v) is 2.65. The normalized spacial score (nSPS) is 13.6. The number of fused-ring (bicyclic) bond motifs is 1. The van der Waals surface area contributed by atoms with Crippen molar-refractivity contribution >= 4 is 41.5 Å². The molecular weight excluding hydrogens is 431 g/mol. The van der Waals surface area contributed by atoms with Crippen molar-refractivity contribution in [3.8, 4) is 5.75 Å². The van der Waals surface area contributed by atoms with Crippen LogP contribution in [0.2, 0.25) is 0 Å². The van der Waals surface area contributed by atoms with E-state index in [9.17, 15) is 4.79 Å². The highest BCUT2D eigenvalue weighted by Gasteiger charge is 2.24. The Hall–Kier alpha value is -1.51. The summed E-state index contributed by atoms with van der Waals surface area (Å²) in [6.07, 6.45) is 4.43. The molecule has 1 aliphatic heterocycles. The minimum Gasteiger partial charge on any atom is -0.482 e. The van der Waals surface area contributed by atoms with E-state index in [1.54, 1.807) is 11.9 Å². The zero-order valence-electron chi connectivity index (χ0n) is 15.1. The Morgan fingerprint density at radius 1 is 1.20 bits per heavy atom. The van der Waals surface area contributed by atoms with Crippen molar-refractivity contribution in [2.45, 2.75) is 32.6 Å². The molecule has 2 N–H and O–H groups in total. The van der Waals surface area contributed by atoms with Crippen molar-refractivity contribution in [3.63, 3.8) is 0 Å². The highest BCUT2D eigenvalue weighted by Crippen LogP contribution is 2.31. The fraction of sp³-hybridized carbons (Fsp3) is 0.556. The van der Waals surface area contributed by atoms with Gasteiger partial charge in [0.1, 0.15) is 5.75 Å². The molecule has 2 rings (SSSR count). The zero-order chi connectivity index (χ0) is 17.2. The molecule has 140 valence electrons. The predicted octanol–water partition coefficient (Wildman–Crippen LogP) is 2.78. The fourth-order valence-electron chi connectivity index (χ4n) is 2.65. The van der Waals surface area contributed by atoms with Gasteiger partial charge in [-0.2, -0.15) is 0 Å². The van der Waals surface area contributed by atoms with Gasteiger partial charge in [-0.05, 0) is 25.0 Å². The maximum absolute atomic E-state index is 12.1. The molecule has 1 aliphatic rings. The molecule has 25 heavy (non-hydrogen) atoms. The molecular formula is C18H29IN4O2. The summed E-state index contributed by atoms with van der Waals surface area (Å²) in [5.74, 6) is 1.61. The number of carbonyl (C=O) groups excluding carboxylic acids is 1. The van der Waals surface area contributed by atoms with E-state index >= 15 is 0 Å². The molecule has 0 unspecified atom stereocenters. The van der Waals surface area contributed by atoms with E-state index in [-0.39, 0.29) is 36.5 Å². The Kier molecular flexibility index (Phi) is 10.3. The van der Waals surface area contributed by atoms with Crippen molar-refractivity contribution in [3.05, 3.63) is 24.3 Å². The van der Waals surface area contributed by atoms with Gasteiger partial charge in [-0.1, -0.05) is 31.9 Å². The summed E-state index contributed by atoms with van der Waals surface area (Å²) in [6, 6.07) is 7.67. The third-order valence-electron chi connectivity index (χ3n) is 3.96. The number of amides is 1. The average molecular weight is 460 g/mol. The number of nitrogens with one attached hydrogen (secondary N) is 2. The summed E-state index contributed by atoms with van der Waals surface area (Å²) in [5.41, 5.74) is 0.857. The Bertz CT molecular complexity index is 566. The number of benzene rings is 1. The Balaban J connectivity index is 0.00000312. The topological polar surface area (TPSA) is 66.0 Å². The van der Waals surface area contributed by atoms with Gasteiger partial charge in [0.25, 0.3) is 5.91 Å². The van der Waals surface area contributed by atoms with E-state index < -0.39 is 0 Å². The molecule has 1 heterocycles. The van der Waals surface area contributed by atoms with Crippen LogP contribution in [0.5, 0.6) is 5.75 Å². The summed E-state index contributed by atoms with van der Waals surface area (Å²) < 4.78 is 5.46. The van der Waals surface area contributed by atoms with E-state index in [4.69, 9.17) is 4.74 Å². The summed E-state index contributed by atoms with van der Waals surface area (Å²) in [7, 11) is 1.77. The van der Waals surface area contributed by atoms with Gasteiger partial charge < -0.3 is 20.3 Å². The first-order valence-corrected chi connectivity index (χ1v) is 8.73. The minimum absolute atomic E-state index is 0. The number of unbranched alkanes of at least 4 members (excludes halogenated alkanes) is 2. The third-order valence-corrected chi connectivity index (χ3v) is 3.96. The third kappa shape index (κ3) is 6.72. The summed E-state index contributed by atoms with van der Waals surface area (Å²) in [4.78, 5) is 18.1. The van der Waals surface area contributed by atoms with E-state index in [1.165, 1.54) is 12.8 Å². The quantitative estimate of drug-likeness (QED) is 0.271. The van der Waals surface area contributed by atoms with Crippen LogP contribution in [-0.2, 0) is 4.79 Å². The highest BCUT2D eigenvalue weighted by atomic mass is 127. The molecule has 0 spiro atoms. The largest absolute Gasteiger partial charge is 0.482 e. The maximum Gasteiger partial charge on any atom is 0.265 e. The summed E-state index contributed by atoms with van der Waals surface area (Å²) >= 11 is 0. The number of guanidine groups is 1. The number of hydrogen-bond acceptors (Lipinski definition) is 3. The maximum atomic E-state index is 12.1. The van der Waals surface area contributed by atoms with Crippen LogP contribution >= 0.6 is 24.0 Å². The first kappa shape index (κ1) is 21.5. The van der Waals surface area contributed by atoms with Crippen LogP contribution in [0.15, 0.2) is 29.3 Å². The van der Waals surface area contributed by atoms with Gasteiger partial charge in [0, 0.05) is 26.7 Å². The Labute approximate surface area is 167 Å². The standard InChI is InChI=1S/C18H28N4O2.HI/c1-3-4-7-11-20-18(19-2)21-12-8-13-22-15-9-5-6-10-16(15)24-14-17(22)23;/h5-6,9-10H,3-4,7-8,11-14H2,1-2H3,(H2,19,20,21);1H. The number of nitrogens with zero attached hydrogens (tertiary/aromatic N) is 2. The van der Waals surface area contributed by atoms with Crippen molar-refractivity contribution in [2.24, 2.45) is 4.99 Å². The smallest absolute Gasteiger partial charge is 0.265 e. The van der Waals surface area contributed by atoms with Crippen molar-refractivity contribution in [2.75, 3.05) is 38.2 Å². The summed E-state index contributed by atoms with van der Waals surface area (Å²) in [5, 5.41) is 6.60. The number of ether oxygens (including phenoxy) is 1. The molecule has 0 bridgehead atoms. The second kappa shape index (κ2) is 11.9. The van der Waals surface area contributed by atoms with Gasteiger partial charge in [-0.15, -0.1) is 24.0 Å². The van der Waals surface area contributed by atoms with Crippen molar-refractivity contribution < 1.29 is 9.53 Å². The number of para-hydroxylation sites is 2. The Morgan fingerprint density at radius 2 is 1.92 bits per heavy atom. The lowest BCUT2D eigenvalue weighted by Gasteiger charge is -2.29. The second-order valence-electron chi connectivity index (χ2n) is 5.79. The van der Waals surface area contributed by atoms with Crippen LogP contribution in [0.25, 0.3) is 0 Å². The van der Waals surface area contributed by atoms with Gasteiger partial charge in [0.05, 0.1) is 5.69 Å². The van der Waals surface area contributed by atoms with Gasteiger partial charge in [-0.25, -0.2) is 0 Å². The number of hydrogen-bond donors (Lipinski definition) is 2. The van der Waals surface area contributed by atoms with Crippen LogP contribution < -0.4 is 20.3 Å². The van der Waals surface area contributed by atoms with Gasteiger partial charge in [0.15, 0.2) is 12.6 Å². The van der Waals surface area contributed by atoms with E-state index in [0.717, 1.165) is 43.3 Å². The molecule has 1 aromatic carbocycles.